The summed E-state index contributed by atoms with van der Waals surface area (Å²) in [6, 6.07) is 8.18. The number of anilines is 1. The van der Waals surface area contributed by atoms with Gasteiger partial charge in [-0.25, -0.2) is 4.98 Å². The lowest BCUT2D eigenvalue weighted by molar-refractivity contribution is -0.133. The Morgan fingerprint density at radius 2 is 1.82 bits per heavy atom. The highest BCUT2D eigenvalue weighted by Crippen LogP contribution is 2.25. The number of hydrogen-bond donors (Lipinski definition) is 1. The van der Waals surface area contributed by atoms with Gasteiger partial charge >= 0.3 is 0 Å². The van der Waals surface area contributed by atoms with E-state index in [1.165, 1.54) is 16.9 Å². The Hall–Kier alpha value is -2.25. The number of benzene rings is 1. The molecule has 1 N–H and O–H groups in total. The molecule has 2 amide bonds. The molecular formula is C21H28N4O2S. The van der Waals surface area contributed by atoms with Gasteiger partial charge in [-0.15, -0.1) is 11.3 Å². The zero-order valence-electron chi connectivity index (χ0n) is 16.8. The predicted octanol–water partition coefficient (Wildman–Crippen LogP) is 3.25. The topological polar surface area (TPSA) is 65.5 Å². The first kappa shape index (κ1) is 20.5. The minimum Gasteiger partial charge on any atom is -0.340 e. The van der Waals surface area contributed by atoms with Gasteiger partial charge in [0.15, 0.2) is 5.13 Å². The molecule has 0 radical (unpaired) electrons. The first-order valence-corrected chi connectivity index (χ1v) is 10.6. The molecule has 0 atom stereocenters. The molecule has 2 heterocycles. The van der Waals surface area contributed by atoms with E-state index in [0.29, 0.717) is 37.1 Å². The number of nitrogens with one attached hydrogen (secondary N) is 1. The second-order valence-electron chi connectivity index (χ2n) is 7.71. The third-order valence-corrected chi connectivity index (χ3v) is 5.53. The van der Waals surface area contributed by atoms with Crippen LogP contribution in [0.1, 0.15) is 25.8 Å². The molecule has 28 heavy (non-hydrogen) atoms. The first-order valence-electron chi connectivity index (χ1n) is 9.73. The van der Waals surface area contributed by atoms with Gasteiger partial charge in [-0.1, -0.05) is 43.7 Å². The third-order valence-electron chi connectivity index (χ3n) is 4.77. The monoisotopic (exact) mass is 400 g/mol. The second-order valence-corrected chi connectivity index (χ2v) is 8.57. The number of hydrogen-bond acceptors (Lipinski definition) is 5. The van der Waals surface area contributed by atoms with Crippen LogP contribution < -0.4 is 5.32 Å². The van der Waals surface area contributed by atoms with Crippen LogP contribution in [0.5, 0.6) is 0 Å². The van der Waals surface area contributed by atoms with E-state index in [2.05, 4.69) is 48.1 Å². The Morgan fingerprint density at radius 1 is 1.14 bits per heavy atom. The molecule has 1 aromatic carbocycles. The second kappa shape index (κ2) is 9.30. The van der Waals surface area contributed by atoms with Crippen LogP contribution in [0, 0.1) is 12.8 Å². The van der Waals surface area contributed by atoms with Crippen LogP contribution in [-0.2, 0) is 9.59 Å². The van der Waals surface area contributed by atoms with Crippen LogP contribution in [0.3, 0.4) is 0 Å². The summed E-state index contributed by atoms with van der Waals surface area (Å²) in [6.07, 6.45) is 0.591. The van der Waals surface area contributed by atoms with Gasteiger partial charge in [0.1, 0.15) is 0 Å². The lowest BCUT2D eigenvalue weighted by atomic mass is 10.1. The van der Waals surface area contributed by atoms with E-state index in [-0.39, 0.29) is 11.8 Å². The zero-order valence-corrected chi connectivity index (χ0v) is 17.6. The zero-order chi connectivity index (χ0) is 20.1. The van der Waals surface area contributed by atoms with Crippen molar-refractivity contribution in [2.24, 2.45) is 5.92 Å². The number of nitrogens with zero attached hydrogens (tertiary/aromatic N) is 3. The lowest BCUT2D eigenvalue weighted by Gasteiger charge is -2.34. The van der Waals surface area contributed by atoms with Gasteiger partial charge in [-0.05, 0) is 12.8 Å². The van der Waals surface area contributed by atoms with Crippen LogP contribution in [0.4, 0.5) is 5.13 Å². The van der Waals surface area contributed by atoms with Gasteiger partial charge in [-0.2, -0.15) is 0 Å². The largest absolute Gasteiger partial charge is 0.340 e. The van der Waals surface area contributed by atoms with E-state index in [0.717, 1.165) is 24.3 Å². The summed E-state index contributed by atoms with van der Waals surface area (Å²) in [5.74, 6) is 0.525. The van der Waals surface area contributed by atoms with Crippen molar-refractivity contribution in [3.63, 3.8) is 0 Å². The van der Waals surface area contributed by atoms with Gasteiger partial charge < -0.3 is 10.2 Å². The number of rotatable bonds is 6. The molecule has 0 bridgehead atoms. The van der Waals surface area contributed by atoms with E-state index in [1.807, 2.05) is 22.4 Å². The highest BCUT2D eigenvalue weighted by molar-refractivity contribution is 7.14. The van der Waals surface area contributed by atoms with Crippen LogP contribution in [-0.4, -0.2) is 59.3 Å². The molecule has 0 spiro atoms. The molecule has 2 aromatic rings. The van der Waals surface area contributed by atoms with E-state index in [4.69, 9.17) is 0 Å². The molecule has 3 rings (SSSR count). The van der Waals surface area contributed by atoms with Crippen molar-refractivity contribution < 1.29 is 9.59 Å². The number of thiazole rings is 1. The van der Waals surface area contributed by atoms with Crippen LogP contribution in [0.25, 0.3) is 11.3 Å². The van der Waals surface area contributed by atoms with Gasteiger partial charge in [0.05, 0.1) is 12.2 Å². The minimum atomic E-state index is -0.0632. The van der Waals surface area contributed by atoms with Crippen molar-refractivity contribution in [1.82, 2.24) is 14.8 Å². The Morgan fingerprint density at radius 3 is 2.46 bits per heavy atom. The number of amides is 2. The number of piperazine rings is 1. The molecule has 6 nitrogen and oxygen atoms in total. The van der Waals surface area contributed by atoms with Crippen LogP contribution in [0.15, 0.2) is 29.6 Å². The number of carbonyl (C=O) groups excluding carboxylic acids is 2. The Bertz CT molecular complexity index is 808. The third kappa shape index (κ3) is 5.62. The molecule has 7 heteroatoms. The molecule has 150 valence electrons. The fraction of sp³-hybridized carbons (Fsp3) is 0.476. The summed E-state index contributed by atoms with van der Waals surface area (Å²) in [5.41, 5.74) is 3.13. The lowest BCUT2D eigenvalue weighted by Crippen LogP contribution is -2.50. The summed E-state index contributed by atoms with van der Waals surface area (Å²) >= 11 is 1.43. The number of aryl methyl sites for hydroxylation is 1. The van der Waals surface area contributed by atoms with Gasteiger partial charge in [0.25, 0.3) is 0 Å². The Labute approximate surface area is 170 Å². The molecule has 1 aliphatic heterocycles. The fourth-order valence-corrected chi connectivity index (χ4v) is 3.92. The number of aromatic nitrogens is 1. The molecule has 0 aliphatic carbocycles. The van der Waals surface area contributed by atoms with E-state index in [9.17, 15) is 9.59 Å². The van der Waals surface area contributed by atoms with Crippen LogP contribution in [0.2, 0.25) is 0 Å². The summed E-state index contributed by atoms with van der Waals surface area (Å²) in [7, 11) is 0. The predicted molar refractivity (Wildman–Crippen MR) is 113 cm³/mol. The maximum absolute atomic E-state index is 12.4. The quantitative estimate of drug-likeness (QED) is 0.808. The molecular weight excluding hydrogens is 372 g/mol. The SMILES string of the molecule is Cc1ccc(-c2csc(NC(=O)CN3CCN(C(=O)CC(C)C)CC3)n2)cc1. The van der Waals surface area contributed by atoms with E-state index < -0.39 is 0 Å². The molecule has 1 aromatic heterocycles. The maximum atomic E-state index is 12.4. The van der Waals surface area contributed by atoms with Crippen molar-refractivity contribution >= 4 is 28.3 Å². The van der Waals surface area contributed by atoms with Crippen molar-refractivity contribution in [1.29, 1.82) is 0 Å². The normalized spacial score (nSPS) is 15.1. The Balaban J connectivity index is 1.46. The van der Waals surface area contributed by atoms with E-state index >= 15 is 0 Å². The molecule has 1 aliphatic rings. The van der Waals surface area contributed by atoms with Gasteiger partial charge in [0, 0.05) is 43.5 Å². The van der Waals surface area contributed by atoms with Crippen molar-refractivity contribution in [3.8, 4) is 11.3 Å². The molecule has 0 unspecified atom stereocenters. The fourth-order valence-electron chi connectivity index (χ4n) is 3.18. The highest BCUT2D eigenvalue weighted by Gasteiger charge is 2.23. The average Bonchev–Trinajstić information content (AvgIpc) is 3.10. The maximum Gasteiger partial charge on any atom is 0.240 e. The highest BCUT2D eigenvalue weighted by atomic mass is 32.1. The summed E-state index contributed by atoms with van der Waals surface area (Å²) in [6.45, 7) is 9.32. The Kier molecular flexibility index (Phi) is 6.80. The summed E-state index contributed by atoms with van der Waals surface area (Å²) in [5, 5.41) is 5.47. The average molecular weight is 401 g/mol. The van der Waals surface area contributed by atoms with Gasteiger partial charge in [0.2, 0.25) is 11.8 Å². The standard InChI is InChI=1S/C21H28N4O2S/c1-15(2)12-20(27)25-10-8-24(9-11-25)13-19(26)23-21-22-18(14-28-21)17-6-4-16(3)5-7-17/h4-7,14-15H,8-13H2,1-3H3,(H,22,23,26). The van der Waals surface area contributed by atoms with E-state index in [1.54, 1.807) is 0 Å². The molecule has 1 fully saturated rings. The van der Waals surface area contributed by atoms with Gasteiger partial charge in [-0.3, -0.25) is 14.5 Å². The smallest absolute Gasteiger partial charge is 0.240 e. The first-order chi connectivity index (χ1) is 13.4. The van der Waals surface area contributed by atoms with Crippen molar-refractivity contribution in [3.05, 3.63) is 35.2 Å². The number of carbonyl (C=O) groups is 2. The minimum absolute atomic E-state index is 0.0632. The van der Waals surface area contributed by atoms with Crippen LogP contribution >= 0.6 is 11.3 Å². The molecule has 1 saturated heterocycles. The summed E-state index contributed by atoms with van der Waals surface area (Å²) < 4.78 is 0. The van der Waals surface area contributed by atoms with Crippen molar-refractivity contribution in [2.45, 2.75) is 27.2 Å². The molecule has 0 saturated carbocycles. The summed E-state index contributed by atoms with van der Waals surface area (Å²) in [4.78, 5) is 33.0. The van der Waals surface area contributed by atoms with Crippen molar-refractivity contribution in [2.75, 3.05) is 38.0 Å².